The van der Waals surface area contributed by atoms with Gasteiger partial charge in [-0.15, -0.1) is 11.3 Å². The molecule has 23 heavy (non-hydrogen) atoms. The fourth-order valence-corrected chi connectivity index (χ4v) is 2.76. The lowest BCUT2D eigenvalue weighted by molar-refractivity contribution is -0.116. The number of thiophene rings is 1. The number of esters is 1. The largest absolute Gasteiger partial charge is 0.494 e. The summed E-state index contributed by atoms with van der Waals surface area (Å²) < 4.78 is 10.3. The van der Waals surface area contributed by atoms with Gasteiger partial charge in [-0.05, 0) is 42.5 Å². The quantitative estimate of drug-likeness (QED) is 0.620. The molecule has 0 bridgehead atoms. The number of amides is 1. The average molecular weight is 333 g/mol. The number of ether oxygens (including phenoxy) is 2. The van der Waals surface area contributed by atoms with E-state index in [0.717, 1.165) is 11.3 Å². The van der Waals surface area contributed by atoms with E-state index >= 15 is 0 Å². The Balaban J connectivity index is 1.75. The van der Waals surface area contributed by atoms with Gasteiger partial charge in [0.1, 0.15) is 10.6 Å². The molecule has 0 atom stereocenters. The Kier molecular flexibility index (Phi) is 6.17. The van der Waals surface area contributed by atoms with Gasteiger partial charge in [0.25, 0.3) is 0 Å². The molecule has 1 aromatic carbocycles. The van der Waals surface area contributed by atoms with Crippen molar-refractivity contribution in [3.05, 3.63) is 46.2 Å². The SMILES string of the molecule is COC(=O)c1sccc1NC(=O)CCCOc1cccc(C)c1. The Hall–Kier alpha value is -2.34. The average Bonchev–Trinajstić information content (AvgIpc) is 2.99. The highest BCUT2D eigenvalue weighted by atomic mass is 32.1. The topological polar surface area (TPSA) is 64.6 Å². The van der Waals surface area contributed by atoms with Crippen LogP contribution in [0.2, 0.25) is 0 Å². The molecule has 1 N–H and O–H groups in total. The van der Waals surface area contributed by atoms with E-state index in [-0.39, 0.29) is 5.91 Å². The Morgan fingerprint density at radius 2 is 2.09 bits per heavy atom. The number of methoxy groups -OCH3 is 1. The molecule has 1 aromatic heterocycles. The van der Waals surface area contributed by atoms with E-state index in [1.807, 2.05) is 31.2 Å². The summed E-state index contributed by atoms with van der Waals surface area (Å²) in [6.07, 6.45) is 0.916. The molecule has 0 spiro atoms. The summed E-state index contributed by atoms with van der Waals surface area (Å²) in [5.74, 6) is 0.204. The monoisotopic (exact) mass is 333 g/mol. The van der Waals surface area contributed by atoms with E-state index in [1.54, 1.807) is 11.4 Å². The van der Waals surface area contributed by atoms with Crippen molar-refractivity contribution in [2.75, 3.05) is 19.0 Å². The first-order valence-corrected chi connectivity index (χ1v) is 8.13. The van der Waals surface area contributed by atoms with Crippen LogP contribution in [0.4, 0.5) is 5.69 Å². The molecule has 0 radical (unpaired) electrons. The van der Waals surface area contributed by atoms with Gasteiger partial charge < -0.3 is 14.8 Å². The lowest BCUT2D eigenvalue weighted by Crippen LogP contribution is -2.14. The van der Waals surface area contributed by atoms with Crippen LogP contribution in [-0.4, -0.2) is 25.6 Å². The molecule has 0 aliphatic carbocycles. The van der Waals surface area contributed by atoms with Gasteiger partial charge in [0.15, 0.2) is 0 Å². The summed E-state index contributed by atoms with van der Waals surface area (Å²) in [6, 6.07) is 9.47. The first-order valence-electron chi connectivity index (χ1n) is 7.25. The zero-order valence-electron chi connectivity index (χ0n) is 13.1. The Morgan fingerprint density at radius 1 is 1.26 bits per heavy atom. The molecule has 122 valence electrons. The number of anilines is 1. The predicted molar refractivity (Wildman–Crippen MR) is 90.2 cm³/mol. The Bertz CT molecular complexity index is 681. The van der Waals surface area contributed by atoms with E-state index in [4.69, 9.17) is 4.74 Å². The number of carbonyl (C=O) groups excluding carboxylic acids is 2. The first kappa shape index (κ1) is 17.0. The van der Waals surface area contributed by atoms with Crippen LogP contribution in [0.25, 0.3) is 0 Å². The maximum Gasteiger partial charge on any atom is 0.350 e. The van der Waals surface area contributed by atoms with Crippen molar-refractivity contribution in [2.45, 2.75) is 19.8 Å². The fourth-order valence-electron chi connectivity index (χ4n) is 2.00. The summed E-state index contributed by atoms with van der Waals surface area (Å²) in [7, 11) is 1.32. The summed E-state index contributed by atoms with van der Waals surface area (Å²) in [4.78, 5) is 23.9. The molecule has 1 amide bonds. The smallest absolute Gasteiger partial charge is 0.350 e. The van der Waals surface area contributed by atoms with Gasteiger partial charge in [-0.3, -0.25) is 4.79 Å². The molecule has 2 rings (SSSR count). The molecule has 2 aromatic rings. The van der Waals surface area contributed by atoms with Crippen molar-refractivity contribution < 1.29 is 19.1 Å². The van der Waals surface area contributed by atoms with E-state index in [0.29, 0.717) is 30.0 Å². The zero-order valence-corrected chi connectivity index (χ0v) is 13.9. The molecule has 0 fully saturated rings. The van der Waals surface area contributed by atoms with E-state index in [2.05, 4.69) is 10.1 Å². The van der Waals surface area contributed by atoms with Crippen molar-refractivity contribution in [1.29, 1.82) is 0 Å². The van der Waals surface area contributed by atoms with Gasteiger partial charge in [-0.2, -0.15) is 0 Å². The van der Waals surface area contributed by atoms with Crippen LogP contribution < -0.4 is 10.1 Å². The molecule has 1 heterocycles. The van der Waals surface area contributed by atoms with Gasteiger partial charge in [0.05, 0.1) is 19.4 Å². The Labute approximate surface area is 139 Å². The van der Waals surface area contributed by atoms with Crippen LogP contribution in [-0.2, 0) is 9.53 Å². The van der Waals surface area contributed by atoms with Crippen LogP contribution in [0.5, 0.6) is 5.75 Å². The van der Waals surface area contributed by atoms with Gasteiger partial charge in [0.2, 0.25) is 5.91 Å². The zero-order chi connectivity index (χ0) is 16.7. The highest BCUT2D eigenvalue weighted by Crippen LogP contribution is 2.23. The lowest BCUT2D eigenvalue weighted by Gasteiger charge is -2.08. The normalized spacial score (nSPS) is 10.2. The second-order valence-electron chi connectivity index (χ2n) is 4.97. The van der Waals surface area contributed by atoms with Gasteiger partial charge in [-0.25, -0.2) is 4.79 Å². The highest BCUT2D eigenvalue weighted by Gasteiger charge is 2.15. The van der Waals surface area contributed by atoms with Gasteiger partial charge in [-0.1, -0.05) is 12.1 Å². The van der Waals surface area contributed by atoms with Crippen molar-refractivity contribution in [3.63, 3.8) is 0 Å². The summed E-state index contributed by atoms with van der Waals surface area (Å²) in [5, 5.41) is 4.47. The Morgan fingerprint density at radius 3 is 2.83 bits per heavy atom. The summed E-state index contributed by atoms with van der Waals surface area (Å²) in [6.45, 7) is 2.46. The van der Waals surface area contributed by atoms with Crippen molar-refractivity contribution in [1.82, 2.24) is 0 Å². The molecule has 0 aliphatic heterocycles. The number of benzene rings is 1. The molecule has 0 aliphatic rings. The minimum absolute atomic E-state index is 0.151. The summed E-state index contributed by atoms with van der Waals surface area (Å²) in [5.41, 5.74) is 1.62. The van der Waals surface area contributed by atoms with Crippen molar-refractivity contribution >= 4 is 28.9 Å². The minimum Gasteiger partial charge on any atom is -0.494 e. The number of carbonyl (C=O) groups is 2. The number of rotatable bonds is 7. The molecular formula is C17H19NO4S. The van der Waals surface area contributed by atoms with Crippen LogP contribution >= 0.6 is 11.3 Å². The maximum atomic E-state index is 11.9. The second kappa shape index (κ2) is 8.33. The van der Waals surface area contributed by atoms with Crippen molar-refractivity contribution in [3.8, 4) is 5.75 Å². The number of aryl methyl sites for hydroxylation is 1. The highest BCUT2D eigenvalue weighted by molar-refractivity contribution is 7.12. The number of nitrogens with one attached hydrogen (secondary N) is 1. The van der Waals surface area contributed by atoms with E-state index < -0.39 is 5.97 Å². The lowest BCUT2D eigenvalue weighted by atomic mass is 10.2. The molecule has 6 heteroatoms. The third-order valence-corrected chi connectivity index (χ3v) is 4.01. The molecular weight excluding hydrogens is 314 g/mol. The molecule has 0 saturated heterocycles. The van der Waals surface area contributed by atoms with Crippen LogP contribution in [0.3, 0.4) is 0 Å². The van der Waals surface area contributed by atoms with Crippen molar-refractivity contribution in [2.24, 2.45) is 0 Å². The van der Waals surface area contributed by atoms with Crippen LogP contribution in [0.1, 0.15) is 28.1 Å². The van der Waals surface area contributed by atoms with Crippen LogP contribution in [0.15, 0.2) is 35.7 Å². The van der Waals surface area contributed by atoms with E-state index in [1.165, 1.54) is 18.4 Å². The van der Waals surface area contributed by atoms with Gasteiger partial charge >= 0.3 is 5.97 Å². The minimum atomic E-state index is -0.446. The predicted octanol–water partition coefficient (Wildman–Crippen LogP) is 3.64. The summed E-state index contributed by atoms with van der Waals surface area (Å²) >= 11 is 1.24. The van der Waals surface area contributed by atoms with Crippen LogP contribution in [0, 0.1) is 6.92 Å². The number of hydrogen-bond donors (Lipinski definition) is 1. The van der Waals surface area contributed by atoms with Gasteiger partial charge in [0, 0.05) is 6.42 Å². The molecule has 5 nitrogen and oxygen atoms in total. The van der Waals surface area contributed by atoms with E-state index in [9.17, 15) is 9.59 Å². The first-order chi connectivity index (χ1) is 11.1. The third-order valence-electron chi connectivity index (χ3n) is 3.12. The molecule has 0 saturated carbocycles. The second-order valence-corrected chi connectivity index (χ2v) is 5.89. The standard InChI is InChI=1S/C17H19NO4S/c1-12-5-3-6-13(11-12)22-9-4-7-15(19)18-14-8-10-23-16(14)17(20)21-2/h3,5-6,8,10-11H,4,7,9H2,1-2H3,(H,18,19). The fraction of sp³-hybridized carbons (Fsp3) is 0.294. The third kappa shape index (κ3) is 5.10. The maximum absolute atomic E-state index is 11.9. The number of hydrogen-bond acceptors (Lipinski definition) is 5. The molecule has 0 unspecified atom stereocenters.